The topological polar surface area (TPSA) is 91.4 Å². The minimum atomic E-state index is -1.31. The SMILES string of the molecule is COCCOc1cc(OCCOC)cc([C@H](CC(=O)OC)CN2CC[C@@](F)(CCc3ccc4c(n3)NCCC4)C2)c1. The number of alkyl halides is 1. The van der Waals surface area contributed by atoms with Gasteiger partial charge in [0.1, 0.15) is 36.2 Å². The fourth-order valence-electron chi connectivity index (χ4n) is 5.50. The summed E-state index contributed by atoms with van der Waals surface area (Å²) in [5.41, 5.74) is 1.72. The van der Waals surface area contributed by atoms with Crippen LogP contribution in [0.3, 0.4) is 0 Å². The van der Waals surface area contributed by atoms with Crippen LogP contribution in [-0.4, -0.2) is 95.5 Å². The van der Waals surface area contributed by atoms with E-state index in [1.54, 1.807) is 14.2 Å². The van der Waals surface area contributed by atoms with E-state index in [4.69, 9.17) is 28.7 Å². The van der Waals surface area contributed by atoms with Gasteiger partial charge in [-0.2, -0.15) is 0 Å². The number of esters is 1. The zero-order valence-corrected chi connectivity index (χ0v) is 24.6. The number of pyridine rings is 1. The largest absolute Gasteiger partial charge is 0.491 e. The van der Waals surface area contributed by atoms with Crippen LogP contribution in [0.4, 0.5) is 10.2 Å². The smallest absolute Gasteiger partial charge is 0.306 e. The van der Waals surface area contributed by atoms with Gasteiger partial charge in [-0.3, -0.25) is 9.69 Å². The second-order valence-electron chi connectivity index (χ2n) is 10.9. The van der Waals surface area contributed by atoms with Gasteiger partial charge in [-0.1, -0.05) is 6.07 Å². The van der Waals surface area contributed by atoms with E-state index in [0.29, 0.717) is 76.8 Å². The zero-order valence-electron chi connectivity index (χ0n) is 24.6. The van der Waals surface area contributed by atoms with Gasteiger partial charge in [0.2, 0.25) is 0 Å². The third kappa shape index (κ3) is 9.28. The molecule has 2 aromatic rings. The number of hydrogen-bond acceptors (Lipinski definition) is 9. The summed E-state index contributed by atoms with van der Waals surface area (Å²) in [6.07, 6.45) is 3.77. The Hall–Kier alpha value is -2.95. The Balaban J connectivity index is 1.43. The van der Waals surface area contributed by atoms with E-state index in [9.17, 15) is 4.79 Å². The highest BCUT2D eigenvalue weighted by molar-refractivity contribution is 5.70. The molecule has 9 nitrogen and oxygen atoms in total. The summed E-state index contributed by atoms with van der Waals surface area (Å²) in [6, 6.07) is 9.80. The molecule has 10 heteroatoms. The maximum absolute atomic E-state index is 16.0. The average Bonchev–Trinajstić information content (AvgIpc) is 3.36. The Morgan fingerprint density at radius 2 is 1.80 bits per heavy atom. The number of hydrogen-bond donors (Lipinski definition) is 1. The molecule has 0 unspecified atom stereocenters. The van der Waals surface area contributed by atoms with Gasteiger partial charge in [-0.15, -0.1) is 0 Å². The number of rotatable bonds is 16. The predicted octanol–water partition coefficient (Wildman–Crippen LogP) is 4.18. The van der Waals surface area contributed by atoms with Crippen molar-refractivity contribution in [2.45, 2.75) is 50.1 Å². The van der Waals surface area contributed by atoms with Crippen molar-refractivity contribution >= 4 is 11.8 Å². The molecule has 0 spiro atoms. The van der Waals surface area contributed by atoms with E-state index in [1.807, 2.05) is 24.3 Å². The summed E-state index contributed by atoms with van der Waals surface area (Å²) in [5.74, 6) is 1.64. The monoisotopic (exact) mass is 573 g/mol. The van der Waals surface area contributed by atoms with Crippen LogP contribution in [0.25, 0.3) is 0 Å². The lowest BCUT2D eigenvalue weighted by molar-refractivity contribution is -0.141. The van der Waals surface area contributed by atoms with Crippen LogP contribution >= 0.6 is 0 Å². The highest BCUT2D eigenvalue weighted by Crippen LogP contribution is 2.35. The highest BCUT2D eigenvalue weighted by atomic mass is 19.1. The van der Waals surface area contributed by atoms with Gasteiger partial charge in [-0.25, -0.2) is 9.37 Å². The van der Waals surface area contributed by atoms with Crippen molar-refractivity contribution in [3.05, 3.63) is 47.2 Å². The van der Waals surface area contributed by atoms with Crippen LogP contribution in [0.2, 0.25) is 0 Å². The summed E-state index contributed by atoms with van der Waals surface area (Å²) in [4.78, 5) is 19.3. The molecule has 41 heavy (non-hydrogen) atoms. The molecule has 3 heterocycles. The Bertz CT molecular complexity index is 1110. The molecule has 0 aliphatic carbocycles. The normalized spacial score (nSPS) is 19.3. The maximum atomic E-state index is 16.0. The first-order chi connectivity index (χ1) is 19.9. The van der Waals surface area contributed by atoms with Gasteiger partial charge in [0.15, 0.2) is 0 Å². The van der Waals surface area contributed by atoms with Crippen LogP contribution in [-0.2, 0) is 31.8 Å². The van der Waals surface area contributed by atoms with Crippen LogP contribution in [0.15, 0.2) is 30.3 Å². The number of anilines is 1. The lowest BCUT2D eigenvalue weighted by Gasteiger charge is -2.26. The number of likely N-dealkylation sites (tertiary alicyclic amines) is 1. The van der Waals surface area contributed by atoms with E-state index in [1.165, 1.54) is 12.7 Å². The molecule has 0 saturated carbocycles. The summed E-state index contributed by atoms with van der Waals surface area (Å²) in [7, 11) is 4.62. The van der Waals surface area contributed by atoms with Crippen molar-refractivity contribution in [1.82, 2.24) is 9.88 Å². The molecule has 1 aromatic carbocycles. The van der Waals surface area contributed by atoms with Gasteiger partial charge in [-0.05, 0) is 61.4 Å². The van der Waals surface area contributed by atoms with Gasteiger partial charge in [0.05, 0.1) is 26.7 Å². The molecule has 1 saturated heterocycles. The Morgan fingerprint density at radius 1 is 1.07 bits per heavy atom. The minimum absolute atomic E-state index is 0.164. The number of nitrogens with one attached hydrogen (secondary N) is 1. The number of carbonyl (C=O) groups is 1. The highest BCUT2D eigenvalue weighted by Gasteiger charge is 2.39. The molecule has 1 aromatic heterocycles. The summed E-state index contributed by atoms with van der Waals surface area (Å²) in [6.45, 7) is 4.03. The minimum Gasteiger partial charge on any atom is -0.491 e. The van der Waals surface area contributed by atoms with Crippen molar-refractivity contribution in [1.29, 1.82) is 0 Å². The van der Waals surface area contributed by atoms with Crippen LogP contribution < -0.4 is 14.8 Å². The third-order valence-electron chi connectivity index (χ3n) is 7.77. The van der Waals surface area contributed by atoms with E-state index >= 15 is 4.39 Å². The standard InChI is InChI=1S/C31H44FN3O6/c1-37-13-15-40-27-17-24(18-28(20-27)41-16-14-38-2)25(19-29(36)39-3)21-35-12-10-31(32,22-35)9-8-26-7-6-23-5-4-11-33-30(23)34-26/h6-7,17-18,20,25H,4-5,8-16,19,21-22H2,1-3H3,(H,33,34)/t25-,31+/m1/s1. The van der Waals surface area contributed by atoms with Crippen molar-refractivity contribution in [3.8, 4) is 11.5 Å². The molecule has 2 aliphatic rings. The Labute approximate surface area is 242 Å². The van der Waals surface area contributed by atoms with Crippen LogP contribution in [0.1, 0.15) is 48.4 Å². The fourth-order valence-corrected chi connectivity index (χ4v) is 5.50. The quantitative estimate of drug-likeness (QED) is 0.235. The molecule has 0 bridgehead atoms. The molecule has 1 fully saturated rings. The van der Waals surface area contributed by atoms with Crippen molar-refractivity contribution in [3.63, 3.8) is 0 Å². The number of nitrogens with zero attached hydrogens (tertiary/aromatic N) is 2. The van der Waals surface area contributed by atoms with Gasteiger partial charge in [0.25, 0.3) is 0 Å². The van der Waals surface area contributed by atoms with Gasteiger partial charge < -0.3 is 29.0 Å². The lowest BCUT2D eigenvalue weighted by Crippen LogP contribution is -2.33. The number of methoxy groups -OCH3 is 3. The zero-order chi connectivity index (χ0) is 29.1. The van der Waals surface area contributed by atoms with Gasteiger partial charge in [0, 0.05) is 58.1 Å². The molecule has 1 N–H and O–H groups in total. The summed E-state index contributed by atoms with van der Waals surface area (Å²) in [5, 5.41) is 3.36. The Morgan fingerprint density at radius 3 is 2.49 bits per heavy atom. The molecule has 2 atom stereocenters. The van der Waals surface area contributed by atoms with Gasteiger partial charge >= 0.3 is 5.97 Å². The number of benzene rings is 1. The average molecular weight is 574 g/mol. The first kappa shape index (κ1) is 31.0. The second-order valence-corrected chi connectivity index (χ2v) is 10.9. The van der Waals surface area contributed by atoms with E-state index in [-0.39, 0.29) is 18.3 Å². The molecule has 0 amide bonds. The van der Waals surface area contributed by atoms with Crippen LogP contribution in [0, 0.1) is 0 Å². The van der Waals surface area contributed by atoms with E-state index < -0.39 is 5.67 Å². The molecular weight excluding hydrogens is 529 g/mol. The maximum Gasteiger partial charge on any atom is 0.306 e. The number of halogens is 1. The fraction of sp³-hybridized carbons (Fsp3) is 0.613. The number of fused-ring (bicyclic) bond motifs is 1. The molecular formula is C31H44FN3O6. The first-order valence-corrected chi connectivity index (χ1v) is 14.5. The number of carbonyl (C=O) groups excluding carboxylic acids is 1. The summed E-state index contributed by atoms with van der Waals surface area (Å²) < 4.78 is 43.0. The Kier molecular flexibility index (Phi) is 11.6. The molecule has 2 aliphatic heterocycles. The predicted molar refractivity (Wildman–Crippen MR) is 155 cm³/mol. The van der Waals surface area contributed by atoms with Crippen LogP contribution in [0.5, 0.6) is 11.5 Å². The summed E-state index contributed by atoms with van der Waals surface area (Å²) >= 11 is 0. The van der Waals surface area contributed by atoms with E-state index in [2.05, 4.69) is 16.3 Å². The third-order valence-corrected chi connectivity index (χ3v) is 7.77. The van der Waals surface area contributed by atoms with Crippen molar-refractivity contribution in [2.75, 3.05) is 79.3 Å². The molecule has 0 radical (unpaired) electrons. The number of aryl methyl sites for hydroxylation is 2. The number of ether oxygens (including phenoxy) is 5. The lowest BCUT2D eigenvalue weighted by atomic mass is 9.94. The first-order valence-electron chi connectivity index (χ1n) is 14.5. The van der Waals surface area contributed by atoms with Crippen molar-refractivity contribution < 1.29 is 32.9 Å². The molecule has 4 rings (SSSR count). The second kappa shape index (κ2) is 15.3. The molecule has 226 valence electrons. The number of aromatic nitrogens is 1. The van der Waals surface area contributed by atoms with Crippen molar-refractivity contribution in [2.24, 2.45) is 0 Å². The van der Waals surface area contributed by atoms with E-state index in [0.717, 1.165) is 36.5 Å².